The van der Waals surface area contributed by atoms with Crippen LogP contribution in [0.2, 0.25) is 0 Å². The summed E-state index contributed by atoms with van der Waals surface area (Å²) in [7, 11) is 0. The number of rotatable bonds is 4. The molecule has 1 atom stereocenters. The van der Waals surface area contributed by atoms with Gasteiger partial charge in [-0.2, -0.15) is 0 Å². The molecule has 2 heterocycles. The number of amides is 2. The fourth-order valence-corrected chi connectivity index (χ4v) is 3.39. The van der Waals surface area contributed by atoms with Crippen LogP contribution in [0.1, 0.15) is 32.6 Å². The average Bonchev–Trinajstić information content (AvgIpc) is 2.60. The number of benzene rings is 1. The first-order valence-electron chi connectivity index (χ1n) is 8.49. The Balaban J connectivity index is 1.61. The summed E-state index contributed by atoms with van der Waals surface area (Å²) in [6.07, 6.45) is 3.80. The SMILES string of the molecule is CCC1CCCN(C(=O)CCN2C(=O)COc3ccccc32)C1. The zero-order chi connectivity index (χ0) is 16.2. The van der Waals surface area contributed by atoms with Crippen LogP contribution >= 0.6 is 0 Å². The molecular formula is C18H24N2O3. The average molecular weight is 316 g/mol. The number of nitrogens with zero attached hydrogens (tertiary/aromatic N) is 2. The Morgan fingerprint density at radius 2 is 2.17 bits per heavy atom. The number of hydrogen-bond acceptors (Lipinski definition) is 3. The smallest absolute Gasteiger partial charge is 0.265 e. The van der Waals surface area contributed by atoms with E-state index in [4.69, 9.17) is 4.74 Å². The van der Waals surface area contributed by atoms with Gasteiger partial charge < -0.3 is 14.5 Å². The van der Waals surface area contributed by atoms with Crippen LogP contribution in [0.15, 0.2) is 24.3 Å². The lowest BCUT2D eigenvalue weighted by atomic mass is 9.95. The second-order valence-corrected chi connectivity index (χ2v) is 6.31. The van der Waals surface area contributed by atoms with Gasteiger partial charge in [-0.1, -0.05) is 25.5 Å². The van der Waals surface area contributed by atoms with E-state index >= 15 is 0 Å². The van der Waals surface area contributed by atoms with E-state index in [2.05, 4.69) is 6.92 Å². The third kappa shape index (κ3) is 3.49. The van der Waals surface area contributed by atoms with Crippen molar-refractivity contribution in [2.75, 3.05) is 31.1 Å². The highest BCUT2D eigenvalue weighted by atomic mass is 16.5. The number of fused-ring (bicyclic) bond motifs is 1. The minimum absolute atomic E-state index is 0.0484. The molecule has 1 unspecified atom stereocenters. The van der Waals surface area contributed by atoms with Gasteiger partial charge in [0, 0.05) is 26.1 Å². The lowest BCUT2D eigenvalue weighted by Gasteiger charge is -2.33. The lowest BCUT2D eigenvalue weighted by molar-refractivity contribution is -0.132. The Kier molecular flexibility index (Phi) is 4.84. The molecule has 3 rings (SSSR count). The van der Waals surface area contributed by atoms with Crippen LogP contribution in [-0.4, -0.2) is 43.0 Å². The van der Waals surface area contributed by atoms with Gasteiger partial charge in [-0.05, 0) is 30.9 Å². The minimum Gasteiger partial charge on any atom is -0.482 e. The van der Waals surface area contributed by atoms with E-state index in [-0.39, 0.29) is 18.4 Å². The Labute approximate surface area is 137 Å². The predicted octanol–water partition coefficient (Wildman–Crippen LogP) is 2.45. The molecule has 1 aromatic rings. The number of likely N-dealkylation sites (tertiary alicyclic amines) is 1. The fraction of sp³-hybridized carbons (Fsp3) is 0.556. The highest BCUT2D eigenvalue weighted by Gasteiger charge is 2.27. The normalized spacial score (nSPS) is 20.9. The van der Waals surface area contributed by atoms with E-state index in [1.54, 1.807) is 4.90 Å². The topological polar surface area (TPSA) is 49.9 Å². The van der Waals surface area contributed by atoms with Crippen LogP contribution in [-0.2, 0) is 9.59 Å². The van der Waals surface area contributed by atoms with Crippen molar-refractivity contribution in [1.82, 2.24) is 4.90 Å². The van der Waals surface area contributed by atoms with E-state index in [0.29, 0.717) is 24.6 Å². The molecule has 0 aromatic heterocycles. The molecule has 1 fully saturated rings. The van der Waals surface area contributed by atoms with Crippen LogP contribution in [0.25, 0.3) is 0 Å². The number of hydrogen-bond donors (Lipinski definition) is 0. The Morgan fingerprint density at radius 1 is 1.35 bits per heavy atom. The second kappa shape index (κ2) is 7.02. The Morgan fingerprint density at radius 3 is 3.00 bits per heavy atom. The number of piperidine rings is 1. The lowest BCUT2D eigenvalue weighted by Crippen LogP contribution is -2.44. The highest BCUT2D eigenvalue weighted by molar-refractivity contribution is 5.98. The molecule has 2 aliphatic heterocycles. The predicted molar refractivity (Wildman–Crippen MR) is 88.5 cm³/mol. The van der Waals surface area contributed by atoms with Crippen molar-refractivity contribution in [3.05, 3.63) is 24.3 Å². The number of anilines is 1. The van der Waals surface area contributed by atoms with Gasteiger partial charge in [0.15, 0.2) is 6.61 Å². The van der Waals surface area contributed by atoms with E-state index in [9.17, 15) is 9.59 Å². The number of carbonyl (C=O) groups is 2. The maximum absolute atomic E-state index is 12.5. The summed E-state index contributed by atoms with van der Waals surface area (Å²) in [5, 5.41) is 0. The van der Waals surface area contributed by atoms with Crippen molar-refractivity contribution in [1.29, 1.82) is 0 Å². The number of ether oxygens (including phenoxy) is 1. The van der Waals surface area contributed by atoms with E-state index in [1.165, 1.54) is 6.42 Å². The maximum Gasteiger partial charge on any atom is 0.265 e. The molecule has 23 heavy (non-hydrogen) atoms. The van der Waals surface area contributed by atoms with Gasteiger partial charge in [0.1, 0.15) is 5.75 Å². The fourth-order valence-electron chi connectivity index (χ4n) is 3.39. The third-order valence-electron chi connectivity index (χ3n) is 4.81. The van der Waals surface area contributed by atoms with Gasteiger partial charge in [0.2, 0.25) is 5.91 Å². The van der Waals surface area contributed by atoms with Gasteiger partial charge in [0.25, 0.3) is 5.91 Å². The van der Waals surface area contributed by atoms with Gasteiger partial charge >= 0.3 is 0 Å². The summed E-state index contributed by atoms with van der Waals surface area (Å²) < 4.78 is 5.43. The van der Waals surface area contributed by atoms with E-state index in [0.717, 1.165) is 31.6 Å². The number of carbonyl (C=O) groups excluding carboxylic acids is 2. The molecule has 1 aromatic carbocycles. The Hall–Kier alpha value is -2.04. The summed E-state index contributed by atoms with van der Waals surface area (Å²) in [5.41, 5.74) is 0.765. The molecular weight excluding hydrogens is 292 g/mol. The molecule has 0 N–H and O–H groups in total. The van der Waals surface area contributed by atoms with Crippen molar-refractivity contribution in [3.8, 4) is 5.75 Å². The van der Waals surface area contributed by atoms with Crippen molar-refractivity contribution in [2.45, 2.75) is 32.6 Å². The van der Waals surface area contributed by atoms with Gasteiger partial charge in [-0.3, -0.25) is 9.59 Å². The van der Waals surface area contributed by atoms with Crippen molar-refractivity contribution in [3.63, 3.8) is 0 Å². The zero-order valence-corrected chi connectivity index (χ0v) is 13.7. The van der Waals surface area contributed by atoms with Crippen molar-refractivity contribution < 1.29 is 14.3 Å². The summed E-state index contributed by atoms with van der Waals surface area (Å²) >= 11 is 0. The summed E-state index contributed by atoms with van der Waals surface area (Å²) in [6.45, 7) is 4.37. The summed E-state index contributed by atoms with van der Waals surface area (Å²) in [4.78, 5) is 28.2. The van der Waals surface area contributed by atoms with E-state index in [1.807, 2.05) is 29.2 Å². The molecule has 0 bridgehead atoms. The molecule has 1 saturated heterocycles. The van der Waals surface area contributed by atoms with E-state index < -0.39 is 0 Å². The zero-order valence-electron chi connectivity index (χ0n) is 13.7. The number of para-hydroxylation sites is 2. The molecule has 0 saturated carbocycles. The van der Waals surface area contributed by atoms with Crippen LogP contribution in [0.4, 0.5) is 5.69 Å². The van der Waals surface area contributed by atoms with Crippen molar-refractivity contribution >= 4 is 17.5 Å². The quantitative estimate of drug-likeness (QED) is 0.857. The largest absolute Gasteiger partial charge is 0.482 e. The highest BCUT2D eigenvalue weighted by Crippen LogP contribution is 2.31. The first kappa shape index (κ1) is 15.8. The van der Waals surface area contributed by atoms with Crippen LogP contribution in [0, 0.1) is 5.92 Å². The molecule has 5 heteroatoms. The second-order valence-electron chi connectivity index (χ2n) is 6.31. The van der Waals surface area contributed by atoms with Crippen LogP contribution in [0.5, 0.6) is 5.75 Å². The van der Waals surface area contributed by atoms with Gasteiger partial charge in [-0.25, -0.2) is 0 Å². The third-order valence-corrected chi connectivity index (χ3v) is 4.81. The Bertz CT molecular complexity index is 587. The van der Waals surface area contributed by atoms with Gasteiger partial charge in [0.05, 0.1) is 5.69 Å². The molecule has 124 valence electrons. The van der Waals surface area contributed by atoms with Crippen LogP contribution in [0.3, 0.4) is 0 Å². The van der Waals surface area contributed by atoms with Crippen molar-refractivity contribution in [2.24, 2.45) is 5.92 Å². The first-order valence-corrected chi connectivity index (χ1v) is 8.49. The van der Waals surface area contributed by atoms with Gasteiger partial charge in [-0.15, -0.1) is 0 Å². The molecule has 5 nitrogen and oxygen atoms in total. The molecule has 0 spiro atoms. The standard InChI is InChI=1S/C18H24N2O3/c1-2-14-6-5-10-19(12-14)17(21)9-11-20-15-7-3-4-8-16(15)23-13-18(20)22/h3-4,7-8,14H,2,5-6,9-13H2,1H3. The molecule has 2 amide bonds. The monoisotopic (exact) mass is 316 g/mol. The first-order chi connectivity index (χ1) is 11.2. The molecule has 2 aliphatic rings. The molecule has 0 aliphatic carbocycles. The summed E-state index contributed by atoms with van der Waals surface area (Å²) in [6, 6.07) is 7.49. The molecule has 0 radical (unpaired) electrons. The minimum atomic E-state index is -0.0819. The summed E-state index contributed by atoms with van der Waals surface area (Å²) in [5.74, 6) is 1.41. The van der Waals surface area contributed by atoms with Crippen LogP contribution < -0.4 is 9.64 Å². The maximum atomic E-state index is 12.5.